The van der Waals surface area contributed by atoms with E-state index in [1.54, 1.807) is 19.1 Å². The molecule has 0 aromatic rings. The number of hydrogen-bond acceptors (Lipinski definition) is 11. The monoisotopic (exact) mass is 948 g/mol. The zero-order valence-corrected chi connectivity index (χ0v) is 40.8. The van der Waals surface area contributed by atoms with E-state index in [1.165, 1.54) is 0 Å². The van der Waals surface area contributed by atoms with Crippen molar-refractivity contribution in [2.24, 2.45) is 40.9 Å². The quantitative estimate of drug-likeness (QED) is 0.0954. The molecule has 0 aromatic carbocycles. The van der Waals surface area contributed by atoms with E-state index < -0.39 is 110 Å². The van der Waals surface area contributed by atoms with E-state index in [0.717, 1.165) is 6.42 Å². The summed E-state index contributed by atoms with van der Waals surface area (Å²) in [6, 6.07) is -1.91. The number of halogens is 3. The first-order valence-corrected chi connectivity index (χ1v) is 24.3. The second kappa shape index (κ2) is 18.1. The van der Waals surface area contributed by atoms with Gasteiger partial charge in [0, 0.05) is 29.6 Å². The van der Waals surface area contributed by atoms with Crippen LogP contribution in [0.1, 0.15) is 140 Å². The largest absolute Gasteiger partial charge is 0.481 e. The Labute approximate surface area is 387 Å². The summed E-state index contributed by atoms with van der Waals surface area (Å²) in [6.45, 7) is 19.3. The van der Waals surface area contributed by atoms with Gasteiger partial charge in [0.25, 0.3) is 9.70 Å². The number of imide groups is 1. The Hall–Kier alpha value is -1.59. The molecule has 1 saturated carbocycles. The van der Waals surface area contributed by atoms with Crippen molar-refractivity contribution in [2.75, 3.05) is 0 Å². The summed E-state index contributed by atoms with van der Waals surface area (Å²) < 4.78 is 32.0. The first kappa shape index (κ1) is 50.8. The summed E-state index contributed by atoms with van der Waals surface area (Å²) in [5.41, 5.74) is -3.40. The number of carbonyl (C=O) groups excluding carboxylic acids is 3. The van der Waals surface area contributed by atoms with Gasteiger partial charge in [-0.15, -0.1) is 0 Å². The number of rotatable bonds is 12. The van der Waals surface area contributed by atoms with E-state index in [9.17, 15) is 34.5 Å². The van der Waals surface area contributed by atoms with Gasteiger partial charge in [-0.2, -0.15) is 0 Å². The van der Waals surface area contributed by atoms with Crippen molar-refractivity contribution in [1.82, 2.24) is 10.6 Å². The number of hydrogen-bond donors (Lipinski definition) is 5. The van der Waals surface area contributed by atoms with Crippen LogP contribution in [0.2, 0.25) is 0 Å². The van der Waals surface area contributed by atoms with Crippen molar-refractivity contribution in [3.8, 4) is 0 Å². The number of Topliss-reactive ketones (excluding diaryl/α,β-unsaturated/α-hetero) is 1. The fraction of sp³-hybridized carbons (Fsp3) is 0.870. The lowest BCUT2D eigenvalue weighted by atomic mass is 9.72. The average Bonchev–Trinajstić information content (AvgIpc) is 3.67. The number of carboxylic acid groups (broad SMARTS) is 1. The Kier molecular flexibility index (Phi) is 14.6. The summed E-state index contributed by atoms with van der Waals surface area (Å²) >= 11 is 17.3. The Morgan fingerprint density at radius 3 is 2.16 bits per heavy atom. The molecule has 3 amide bonds. The molecule has 358 valence electrons. The van der Waals surface area contributed by atoms with Crippen LogP contribution in [0.15, 0.2) is 12.2 Å². The number of carboxylic acids is 1. The SMILES string of the molecule is CCC(C(=O)[C@@H](C)[C@@H](O)C1(C)C[C@]12O[C@@H]([C@@H](CC)C(=O)O)CC[C@@H]2C)[C@H]1O[C@]2(C=CC(NC(=O)NC(=O)C(Cl)(Cl)Cl)[C@]3(CC[C@@](C)([C@H]4CC[C@](O)(CC)[C@H](C)O4)O3)O2)[C@H](C)C[C@@H]1C. The highest BCUT2D eigenvalue weighted by molar-refractivity contribution is 6.76. The predicted molar refractivity (Wildman–Crippen MR) is 236 cm³/mol. The Balaban J connectivity index is 1.26. The van der Waals surface area contributed by atoms with E-state index in [-0.39, 0.29) is 30.0 Å². The van der Waals surface area contributed by atoms with Gasteiger partial charge in [0.05, 0.1) is 53.2 Å². The lowest BCUT2D eigenvalue weighted by Gasteiger charge is -2.55. The molecule has 63 heavy (non-hydrogen) atoms. The molecule has 1 aliphatic carbocycles. The minimum Gasteiger partial charge on any atom is -0.481 e. The molecule has 18 atom stereocenters. The van der Waals surface area contributed by atoms with Gasteiger partial charge in [0.15, 0.2) is 11.6 Å². The van der Waals surface area contributed by atoms with Gasteiger partial charge in [-0.3, -0.25) is 19.7 Å². The smallest absolute Gasteiger partial charge is 0.322 e. The first-order valence-electron chi connectivity index (χ1n) is 23.2. The minimum atomic E-state index is -2.39. The highest BCUT2D eigenvalue weighted by Crippen LogP contribution is 2.68. The molecule has 0 aromatic heterocycles. The molecule has 17 heteroatoms. The van der Waals surface area contributed by atoms with Crippen LogP contribution in [0.25, 0.3) is 0 Å². The van der Waals surface area contributed by atoms with Gasteiger partial charge in [-0.1, -0.05) is 96.3 Å². The van der Waals surface area contributed by atoms with E-state index >= 15 is 0 Å². The van der Waals surface area contributed by atoms with Gasteiger partial charge in [0.2, 0.25) is 0 Å². The lowest BCUT2D eigenvalue weighted by molar-refractivity contribution is -0.397. The normalized spacial score (nSPS) is 44.5. The van der Waals surface area contributed by atoms with Crippen molar-refractivity contribution in [1.29, 1.82) is 0 Å². The van der Waals surface area contributed by atoms with Crippen LogP contribution in [-0.4, -0.2) is 108 Å². The van der Waals surface area contributed by atoms with E-state index in [1.807, 2.05) is 55.4 Å². The number of nitrogens with one attached hydrogen (secondary N) is 2. The summed E-state index contributed by atoms with van der Waals surface area (Å²) in [5.74, 6) is -7.49. The first-order chi connectivity index (χ1) is 29.2. The topological polar surface area (TPSA) is 199 Å². The molecule has 0 radical (unpaired) electrons. The number of alkyl halides is 3. The Bertz CT molecular complexity index is 1780. The number of ether oxygens (including phenoxy) is 5. The molecule has 5 N–H and O–H groups in total. The third-order valence-electron chi connectivity index (χ3n) is 16.5. The fourth-order valence-corrected chi connectivity index (χ4v) is 12.3. The van der Waals surface area contributed by atoms with Gasteiger partial charge in [0.1, 0.15) is 11.8 Å². The van der Waals surface area contributed by atoms with Gasteiger partial charge in [-0.05, 0) is 96.0 Å². The maximum absolute atomic E-state index is 14.8. The number of ketones is 1. The van der Waals surface area contributed by atoms with Crippen molar-refractivity contribution >= 4 is 58.5 Å². The number of amides is 3. The Morgan fingerprint density at radius 1 is 0.905 bits per heavy atom. The molecule has 5 fully saturated rings. The molecule has 5 heterocycles. The third-order valence-corrected chi connectivity index (χ3v) is 17.0. The fourth-order valence-electron chi connectivity index (χ4n) is 12.1. The Morgan fingerprint density at radius 2 is 1.57 bits per heavy atom. The number of aliphatic carboxylic acids is 1. The van der Waals surface area contributed by atoms with Crippen molar-refractivity contribution in [2.45, 2.75) is 209 Å². The zero-order valence-electron chi connectivity index (χ0n) is 38.5. The molecule has 0 bridgehead atoms. The molecule has 3 spiro atoms. The molecule has 3 unspecified atom stereocenters. The second-order valence-electron chi connectivity index (χ2n) is 20.4. The molecule has 6 rings (SSSR count). The standard InChI is InChI=1S/C46H71Cl3N2O12/c1-11-29(37(54)55)31-15-14-25(5)43(60-31)23-40(43,9)36(53)27(7)34(52)30(12-2)35-24(4)22-26(6)44(61-35)19-16-32(50-39(57)51-38(56)46(47,48)49)45(63-44)21-20-41(10,62-45)33-17-18-42(58,13-3)28(8)59-33/h16,19,24-33,35-36,53,58H,11-15,17-18,20-23H2,1-10H3,(H,54,55)(H2,50,51,56,57)/t24-,25-,26+,27+,28-,29+,30?,31+,32?,33+,35-,36+,40?,41-,42+,43+,44-,45-/m0/s1. The van der Waals surface area contributed by atoms with Crippen molar-refractivity contribution < 1.29 is 58.2 Å². The number of aliphatic hydroxyl groups is 2. The predicted octanol–water partition coefficient (Wildman–Crippen LogP) is 7.54. The summed E-state index contributed by atoms with van der Waals surface area (Å²) in [5, 5.41) is 38.1. The highest BCUT2D eigenvalue weighted by atomic mass is 35.6. The van der Waals surface area contributed by atoms with Crippen LogP contribution in [0.4, 0.5) is 4.79 Å². The van der Waals surface area contributed by atoms with E-state index in [0.29, 0.717) is 57.8 Å². The highest BCUT2D eigenvalue weighted by Gasteiger charge is 2.74. The van der Waals surface area contributed by atoms with Crippen molar-refractivity contribution in [3.63, 3.8) is 0 Å². The van der Waals surface area contributed by atoms with Crippen LogP contribution in [0.5, 0.6) is 0 Å². The lowest BCUT2D eigenvalue weighted by Crippen LogP contribution is -2.66. The van der Waals surface area contributed by atoms with Gasteiger partial charge < -0.3 is 44.3 Å². The van der Waals surface area contributed by atoms with Crippen molar-refractivity contribution in [3.05, 3.63) is 12.2 Å². The molecule has 6 aliphatic rings. The number of aliphatic hydroxyl groups excluding tert-OH is 1. The molecular weight excluding hydrogens is 879 g/mol. The van der Waals surface area contributed by atoms with Crippen LogP contribution in [-0.2, 0) is 38.1 Å². The van der Waals surface area contributed by atoms with Gasteiger partial charge in [-0.25, -0.2) is 4.79 Å². The van der Waals surface area contributed by atoms with Crippen LogP contribution >= 0.6 is 34.8 Å². The summed E-state index contributed by atoms with van der Waals surface area (Å²) in [4.78, 5) is 52.7. The molecule has 5 aliphatic heterocycles. The second-order valence-corrected chi connectivity index (χ2v) is 22.7. The molecular formula is C46H71Cl3N2O12. The zero-order chi connectivity index (χ0) is 46.9. The maximum atomic E-state index is 14.8. The van der Waals surface area contributed by atoms with Crippen LogP contribution in [0, 0.1) is 40.9 Å². The third kappa shape index (κ3) is 9.11. The summed E-state index contributed by atoms with van der Waals surface area (Å²) in [6.07, 6.45) is 6.08. The van der Waals surface area contributed by atoms with Gasteiger partial charge >= 0.3 is 12.0 Å². The maximum Gasteiger partial charge on any atom is 0.322 e. The summed E-state index contributed by atoms with van der Waals surface area (Å²) in [7, 11) is 0. The number of urea groups is 1. The molecule has 4 saturated heterocycles. The molecule has 14 nitrogen and oxygen atoms in total. The van der Waals surface area contributed by atoms with E-state index in [2.05, 4.69) is 17.6 Å². The van der Waals surface area contributed by atoms with Crippen LogP contribution < -0.4 is 10.6 Å². The number of carbonyl (C=O) groups is 4. The van der Waals surface area contributed by atoms with E-state index in [4.69, 9.17) is 58.5 Å². The minimum absolute atomic E-state index is 0.0707. The van der Waals surface area contributed by atoms with Crippen LogP contribution in [0.3, 0.4) is 0 Å². The average molecular weight is 950 g/mol.